The first-order valence-electron chi connectivity index (χ1n) is 8.42. The molecule has 7 nitrogen and oxygen atoms in total. The monoisotopic (exact) mass is 384 g/mol. The summed E-state index contributed by atoms with van der Waals surface area (Å²) >= 11 is 0. The molecular weight excluding hydrogens is 364 g/mol. The summed E-state index contributed by atoms with van der Waals surface area (Å²) in [7, 11) is -3.64. The van der Waals surface area contributed by atoms with Crippen LogP contribution in [0, 0.1) is 6.92 Å². The van der Waals surface area contributed by atoms with E-state index in [0.717, 1.165) is 17.0 Å². The molecule has 140 valence electrons. The number of sulfonamides is 1. The molecule has 2 heterocycles. The van der Waals surface area contributed by atoms with Crippen molar-refractivity contribution in [2.45, 2.75) is 25.3 Å². The molecule has 0 saturated carbocycles. The molecule has 2 aromatic heterocycles. The Bertz CT molecular complexity index is 1040. The molecule has 0 unspecified atom stereocenters. The average molecular weight is 384 g/mol. The Balaban J connectivity index is 1.65. The van der Waals surface area contributed by atoms with Crippen LogP contribution in [0.1, 0.15) is 23.0 Å². The molecule has 3 aromatic rings. The molecule has 0 radical (unpaired) electrons. The second-order valence-corrected chi connectivity index (χ2v) is 7.88. The maximum Gasteiger partial charge on any atom is 0.240 e. The first-order valence-corrected chi connectivity index (χ1v) is 9.90. The summed E-state index contributed by atoms with van der Waals surface area (Å²) < 4.78 is 29.1. The molecule has 27 heavy (non-hydrogen) atoms. The maximum absolute atomic E-state index is 12.4. The number of nitrogens with one attached hydrogen (secondary N) is 1. The molecule has 3 rings (SSSR count). The van der Waals surface area contributed by atoms with E-state index in [-0.39, 0.29) is 17.2 Å². The van der Waals surface area contributed by atoms with Gasteiger partial charge in [-0.2, -0.15) is 5.10 Å². The average Bonchev–Trinajstić information content (AvgIpc) is 3.03. The maximum atomic E-state index is 12.4. The van der Waals surface area contributed by atoms with Crippen LogP contribution in [0.3, 0.4) is 0 Å². The summed E-state index contributed by atoms with van der Waals surface area (Å²) in [5.74, 6) is -0.106. The molecule has 0 aliphatic rings. The molecule has 0 fully saturated rings. The molecule has 0 bridgehead atoms. The number of Topliss-reactive ketones (excluding diaryl/α,β-unsaturated/α-hetero) is 1. The summed E-state index contributed by atoms with van der Waals surface area (Å²) in [6.07, 6.45) is 3.44. The molecule has 0 amide bonds. The van der Waals surface area contributed by atoms with Crippen molar-refractivity contribution in [2.24, 2.45) is 0 Å². The zero-order chi connectivity index (χ0) is 19.4. The number of benzene rings is 1. The predicted octanol–water partition coefficient (Wildman–Crippen LogP) is 2.43. The molecule has 0 aliphatic carbocycles. The lowest BCUT2D eigenvalue weighted by molar-refractivity contribution is 0.101. The van der Waals surface area contributed by atoms with Crippen LogP contribution < -0.4 is 4.72 Å². The fraction of sp³-hybridized carbons (Fsp3) is 0.211. The number of carbonyl (C=O) groups is 1. The Morgan fingerprint density at radius 2 is 1.93 bits per heavy atom. The van der Waals surface area contributed by atoms with E-state index < -0.39 is 10.0 Å². The predicted molar refractivity (Wildman–Crippen MR) is 102 cm³/mol. The summed E-state index contributed by atoms with van der Waals surface area (Å²) in [6, 6.07) is 11.6. The molecule has 1 aromatic carbocycles. The highest BCUT2D eigenvalue weighted by atomic mass is 32.2. The van der Waals surface area contributed by atoms with E-state index in [2.05, 4.69) is 14.8 Å². The van der Waals surface area contributed by atoms with Gasteiger partial charge in [0, 0.05) is 35.8 Å². The van der Waals surface area contributed by atoms with Gasteiger partial charge < -0.3 is 0 Å². The second kappa shape index (κ2) is 7.81. The van der Waals surface area contributed by atoms with E-state index in [4.69, 9.17) is 0 Å². The smallest absolute Gasteiger partial charge is 0.240 e. The quantitative estimate of drug-likeness (QED) is 0.632. The van der Waals surface area contributed by atoms with Crippen molar-refractivity contribution < 1.29 is 13.2 Å². The van der Waals surface area contributed by atoms with Crippen molar-refractivity contribution in [2.75, 3.05) is 6.54 Å². The minimum absolute atomic E-state index is 0.106. The number of carbonyl (C=O) groups excluding carboxylic acids is 1. The third-order valence-corrected chi connectivity index (χ3v) is 5.60. The van der Waals surface area contributed by atoms with E-state index in [0.29, 0.717) is 12.1 Å². The molecule has 0 spiro atoms. The van der Waals surface area contributed by atoms with Gasteiger partial charge in [0.05, 0.1) is 17.1 Å². The standard InChI is InChI=1S/C19H20N4O3S/c1-14-12-19(17-4-3-9-20-13-17)22-23(14)11-10-21-27(25,26)18-7-5-16(6-8-18)15(2)24/h3-9,12-13,21H,10-11H2,1-2H3. The Labute approximate surface area is 158 Å². The van der Waals surface area contributed by atoms with Gasteiger partial charge in [-0.15, -0.1) is 0 Å². The van der Waals surface area contributed by atoms with E-state index in [9.17, 15) is 13.2 Å². The molecule has 0 aliphatic heterocycles. The highest BCUT2D eigenvalue weighted by Gasteiger charge is 2.14. The molecule has 0 atom stereocenters. The fourth-order valence-corrected chi connectivity index (χ4v) is 3.65. The summed E-state index contributed by atoms with van der Waals surface area (Å²) in [4.78, 5) is 15.5. The minimum Gasteiger partial charge on any atom is -0.295 e. The van der Waals surface area contributed by atoms with Gasteiger partial charge in [-0.3, -0.25) is 14.5 Å². The molecule has 8 heteroatoms. The van der Waals surface area contributed by atoms with Gasteiger partial charge in [-0.25, -0.2) is 13.1 Å². The molecule has 0 saturated heterocycles. The van der Waals surface area contributed by atoms with Crippen molar-refractivity contribution in [3.05, 3.63) is 66.1 Å². The van der Waals surface area contributed by atoms with Gasteiger partial charge in [0.25, 0.3) is 0 Å². The second-order valence-electron chi connectivity index (χ2n) is 6.11. The zero-order valence-corrected chi connectivity index (χ0v) is 15.9. The number of nitrogens with zero attached hydrogens (tertiary/aromatic N) is 3. The Kier molecular flexibility index (Phi) is 5.48. The van der Waals surface area contributed by atoms with E-state index in [1.54, 1.807) is 17.1 Å². The van der Waals surface area contributed by atoms with Gasteiger partial charge in [0.1, 0.15) is 0 Å². The SMILES string of the molecule is CC(=O)c1ccc(S(=O)(=O)NCCn2nc(-c3cccnc3)cc2C)cc1. The van der Waals surface area contributed by atoms with Crippen molar-refractivity contribution in [3.63, 3.8) is 0 Å². The van der Waals surface area contributed by atoms with Crippen molar-refractivity contribution in [1.29, 1.82) is 0 Å². The lowest BCUT2D eigenvalue weighted by Gasteiger charge is -2.08. The van der Waals surface area contributed by atoms with E-state index >= 15 is 0 Å². The lowest BCUT2D eigenvalue weighted by Crippen LogP contribution is -2.28. The summed E-state index contributed by atoms with van der Waals surface area (Å²) in [5.41, 5.74) is 3.11. The highest BCUT2D eigenvalue weighted by molar-refractivity contribution is 7.89. The van der Waals surface area contributed by atoms with Crippen molar-refractivity contribution in [1.82, 2.24) is 19.5 Å². The van der Waals surface area contributed by atoms with Crippen LogP contribution in [0.2, 0.25) is 0 Å². The number of aryl methyl sites for hydroxylation is 1. The third-order valence-electron chi connectivity index (χ3n) is 4.13. The number of pyridine rings is 1. The fourth-order valence-electron chi connectivity index (χ4n) is 2.63. The van der Waals surface area contributed by atoms with Crippen LogP contribution in [0.15, 0.2) is 59.8 Å². The first kappa shape index (κ1) is 18.9. The number of hydrogen-bond acceptors (Lipinski definition) is 5. The zero-order valence-electron chi connectivity index (χ0n) is 15.1. The number of aromatic nitrogens is 3. The van der Waals surface area contributed by atoms with E-state index in [1.165, 1.54) is 31.2 Å². The van der Waals surface area contributed by atoms with Crippen LogP contribution in [0.25, 0.3) is 11.3 Å². The molecule has 1 N–H and O–H groups in total. The van der Waals surface area contributed by atoms with Crippen LogP contribution in [0.4, 0.5) is 0 Å². The number of ketones is 1. The topological polar surface area (TPSA) is 94.0 Å². The Morgan fingerprint density at radius 3 is 2.56 bits per heavy atom. The summed E-state index contributed by atoms with van der Waals surface area (Å²) in [6.45, 7) is 3.96. The third kappa shape index (κ3) is 4.47. The van der Waals surface area contributed by atoms with Gasteiger partial charge in [0.15, 0.2) is 5.78 Å². The Morgan fingerprint density at radius 1 is 1.19 bits per heavy atom. The molecular formula is C19H20N4O3S. The van der Waals surface area contributed by atoms with Gasteiger partial charge in [-0.1, -0.05) is 12.1 Å². The van der Waals surface area contributed by atoms with Gasteiger partial charge >= 0.3 is 0 Å². The minimum atomic E-state index is -3.64. The first-order chi connectivity index (χ1) is 12.9. The highest BCUT2D eigenvalue weighted by Crippen LogP contribution is 2.17. The number of hydrogen-bond donors (Lipinski definition) is 1. The van der Waals surface area contributed by atoms with Crippen LogP contribution >= 0.6 is 0 Å². The lowest BCUT2D eigenvalue weighted by atomic mass is 10.2. The van der Waals surface area contributed by atoms with Crippen LogP contribution in [0.5, 0.6) is 0 Å². The van der Waals surface area contributed by atoms with E-state index in [1.807, 2.05) is 25.1 Å². The largest absolute Gasteiger partial charge is 0.295 e. The normalized spacial score (nSPS) is 11.5. The van der Waals surface area contributed by atoms with Gasteiger partial charge in [-0.05, 0) is 44.2 Å². The van der Waals surface area contributed by atoms with Crippen molar-refractivity contribution in [3.8, 4) is 11.3 Å². The van der Waals surface area contributed by atoms with Gasteiger partial charge in [0.2, 0.25) is 10.0 Å². The van der Waals surface area contributed by atoms with Crippen LogP contribution in [-0.4, -0.2) is 35.5 Å². The Hall–Kier alpha value is -2.84. The summed E-state index contributed by atoms with van der Waals surface area (Å²) in [5, 5.41) is 4.51. The number of rotatable bonds is 7. The van der Waals surface area contributed by atoms with Crippen molar-refractivity contribution >= 4 is 15.8 Å². The van der Waals surface area contributed by atoms with Crippen LogP contribution in [-0.2, 0) is 16.6 Å².